The van der Waals surface area contributed by atoms with Crippen molar-refractivity contribution in [3.8, 4) is 0 Å². The number of rotatable bonds is 7. The fourth-order valence-corrected chi connectivity index (χ4v) is 1.63. The smallest absolute Gasteiger partial charge is 0.354 e. The lowest BCUT2D eigenvalue weighted by molar-refractivity contribution is 0.0690. The van der Waals surface area contributed by atoms with Crippen LogP contribution in [-0.4, -0.2) is 34.3 Å². The monoisotopic (exact) mass is 252 g/mol. The van der Waals surface area contributed by atoms with Crippen LogP contribution in [-0.2, 0) is 0 Å². The van der Waals surface area contributed by atoms with Crippen LogP contribution in [0.2, 0.25) is 0 Å². The third-order valence-electron chi connectivity index (χ3n) is 2.73. The number of pyridine rings is 1. The Balaban J connectivity index is 2.57. The summed E-state index contributed by atoms with van der Waals surface area (Å²) in [4.78, 5) is 14.8. The van der Waals surface area contributed by atoms with Gasteiger partial charge in [-0.1, -0.05) is 19.9 Å². The summed E-state index contributed by atoms with van der Waals surface area (Å²) in [5, 5.41) is 20.8. The highest BCUT2D eigenvalue weighted by Gasteiger charge is 2.17. The largest absolute Gasteiger partial charge is 0.477 e. The van der Waals surface area contributed by atoms with Crippen molar-refractivity contribution in [1.29, 1.82) is 0 Å². The van der Waals surface area contributed by atoms with Crippen LogP contribution in [0, 0.1) is 5.41 Å². The molecule has 0 aromatic carbocycles. The first-order valence-corrected chi connectivity index (χ1v) is 6.00. The zero-order valence-corrected chi connectivity index (χ0v) is 10.8. The van der Waals surface area contributed by atoms with Gasteiger partial charge in [-0.3, -0.25) is 0 Å². The number of nitrogens with zero attached hydrogens (tertiary/aromatic N) is 1. The van der Waals surface area contributed by atoms with Crippen LogP contribution in [0.3, 0.4) is 0 Å². The van der Waals surface area contributed by atoms with Crippen molar-refractivity contribution in [2.45, 2.75) is 26.7 Å². The van der Waals surface area contributed by atoms with Gasteiger partial charge in [0.1, 0.15) is 5.82 Å². The lowest BCUT2D eigenvalue weighted by atomic mass is 9.88. The summed E-state index contributed by atoms with van der Waals surface area (Å²) in [5.74, 6) is -0.467. The molecule has 0 fully saturated rings. The Morgan fingerprint density at radius 2 is 2.17 bits per heavy atom. The highest BCUT2D eigenvalue weighted by atomic mass is 16.4. The molecule has 0 radical (unpaired) electrons. The van der Waals surface area contributed by atoms with Crippen LogP contribution >= 0.6 is 0 Å². The minimum absolute atomic E-state index is 0.0314. The molecule has 0 aliphatic heterocycles. The van der Waals surface area contributed by atoms with E-state index < -0.39 is 5.97 Å². The van der Waals surface area contributed by atoms with E-state index in [1.165, 1.54) is 6.07 Å². The Bertz CT molecular complexity index is 405. The van der Waals surface area contributed by atoms with Crippen molar-refractivity contribution in [1.82, 2.24) is 4.98 Å². The molecule has 1 rings (SSSR count). The van der Waals surface area contributed by atoms with E-state index >= 15 is 0 Å². The van der Waals surface area contributed by atoms with Crippen molar-refractivity contribution >= 4 is 11.8 Å². The van der Waals surface area contributed by atoms with Crippen LogP contribution in [0.4, 0.5) is 5.82 Å². The number of carboxylic acids is 1. The van der Waals surface area contributed by atoms with E-state index in [1.54, 1.807) is 12.1 Å². The number of carbonyl (C=O) groups is 1. The number of aromatic carboxylic acids is 1. The molecule has 100 valence electrons. The number of hydrogen-bond donors (Lipinski definition) is 3. The van der Waals surface area contributed by atoms with Crippen LogP contribution in [0.15, 0.2) is 18.2 Å². The van der Waals surface area contributed by atoms with E-state index in [0.717, 1.165) is 12.8 Å². The molecule has 1 aromatic rings. The van der Waals surface area contributed by atoms with Gasteiger partial charge in [-0.2, -0.15) is 0 Å². The number of carboxylic acid groups (broad SMARTS) is 1. The molecule has 5 heteroatoms. The number of hydrogen-bond acceptors (Lipinski definition) is 4. The van der Waals surface area contributed by atoms with E-state index in [9.17, 15) is 4.79 Å². The minimum Gasteiger partial charge on any atom is -0.477 e. The van der Waals surface area contributed by atoms with Gasteiger partial charge in [0.15, 0.2) is 5.69 Å². The number of nitrogens with one attached hydrogen (secondary N) is 1. The SMILES string of the molecule is CC(C)(CCCO)CNc1cccc(C(=O)O)n1. The first-order chi connectivity index (χ1) is 8.44. The summed E-state index contributed by atoms with van der Waals surface area (Å²) < 4.78 is 0. The molecule has 0 spiro atoms. The Labute approximate surface area is 107 Å². The molecular weight excluding hydrogens is 232 g/mol. The molecule has 5 nitrogen and oxygen atoms in total. The molecule has 1 heterocycles. The maximum Gasteiger partial charge on any atom is 0.354 e. The molecule has 3 N–H and O–H groups in total. The molecule has 0 atom stereocenters. The fraction of sp³-hybridized carbons (Fsp3) is 0.538. The van der Waals surface area contributed by atoms with Crippen LogP contribution in [0.5, 0.6) is 0 Å². The Morgan fingerprint density at radius 1 is 1.44 bits per heavy atom. The van der Waals surface area contributed by atoms with Crippen molar-refractivity contribution < 1.29 is 15.0 Å². The zero-order chi connectivity index (χ0) is 13.6. The highest BCUT2D eigenvalue weighted by Crippen LogP contribution is 2.22. The Morgan fingerprint density at radius 3 is 2.78 bits per heavy atom. The van der Waals surface area contributed by atoms with Gasteiger partial charge >= 0.3 is 5.97 Å². The van der Waals surface area contributed by atoms with Gasteiger partial charge < -0.3 is 15.5 Å². The molecule has 18 heavy (non-hydrogen) atoms. The third kappa shape index (κ3) is 4.71. The van der Waals surface area contributed by atoms with Gasteiger partial charge in [0.05, 0.1) is 0 Å². The molecule has 0 amide bonds. The second-order valence-corrected chi connectivity index (χ2v) is 5.06. The number of anilines is 1. The van der Waals surface area contributed by atoms with E-state index in [1.807, 2.05) is 0 Å². The van der Waals surface area contributed by atoms with Crippen molar-refractivity contribution in [3.05, 3.63) is 23.9 Å². The minimum atomic E-state index is -1.03. The average molecular weight is 252 g/mol. The van der Waals surface area contributed by atoms with Crippen LogP contribution < -0.4 is 5.32 Å². The van der Waals surface area contributed by atoms with Crippen LogP contribution in [0.25, 0.3) is 0 Å². The number of aliphatic hydroxyl groups is 1. The summed E-state index contributed by atoms with van der Waals surface area (Å²) in [7, 11) is 0. The molecular formula is C13H20N2O3. The summed E-state index contributed by atoms with van der Waals surface area (Å²) in [6.07, 6.45) is 1.66. The lowest BCUT2D eigenvalue weighted by Gasteiger charge is -2.24. The van der Waals surface area contributed by atoms with E-state index in [4.69, 9.17) is 10.2 Å². The van der Waals surface area contributed by atoms with Gasteiger partial charge in [-0.05, 0) is 30.4 Å². The number of aromatic nitrogens is 1. The summed E-state index contributed by atoms with van der Waals surface area (Å²) in [6.45, 7) is 5.06. The van der Waals surface area contributed by atoms with Crippen LogP contribution in [0.1, 0.15) is 37.2 Å². The van der Waals surface area contributed by atoms with E-state index in [-0.39, 0.29) is 17.7 Å². The highest BCUT2D eigenvalue weighted by molar-refractivity contribution is 5.85. The first-order valence-electron chi connectivity index (χ1n) is 6.00. The third-order valence-corrected chi connectivity index (χ3v) is 2.73. The maximum atomic E-state index is 10.8. The molecule has 0 saturated carbocycles. The Hall–Kier alpha value is -1.62. The second kappa shape index (κ2) is 6.35. The molecule has 1 aromatic heterocycles. The molecule has 0 bridgehead atoms. The van der Waals surface area contributed by atoms with Gasteiger partial charge in [-0.25, -0.2) is 9.78 Å². The van der Waals surface area contributed by atoms with Gasteiger partial charge in [-0.15, -0.1) is 0 Å². The zero-order valence-electron chi connectivity index (χ0n) is 10.8. The summed E-state index contributed by atoms with van der Waals surface area (Å²) in [6, 6.07) is 4.87. The molecule has 0 aliphatic carbocycles. The maximum absolute atomic E-state index is 10.8. The Kier molecular flexibility index (Phi) is 5.09. The summed E-state index contributed by atoms with van der Waals surface area (Å²) >= 11 is 0. The first kappa shape index (κ1) is 14.4. The predicted molar refractivity (Wildman–Crippen MR) is 69.8 cm³/mol. The van der Waals surface area contributed by atoms with Gasteiger partial charge in [0.25, 0.3) is 0 Å². The molecule has 0 saturated heterocycles. The molecule has 0 unspecified atom stereocenters. The molecule has 0 aliphatic rings. The van der Waals surface area contributed by atoms with Crippen molar-refractivity contribution in [2.24, 2.45) is 5.41 Å². The van der Waals surface area contributed by atoms with Gasteiger partial charge in [0, 0.05) is 13.2 Å². The quantitative estimate of drug-likeness (QED) is 0.691. The standard InChI is InChI=1S/C13H20N2O3/c1-13(2,7-4-8-16)9-14-11-6-3-5-10(15-11)12(17)18/h3,5-6,16H,4,7-9H2,1-2H3,(H,14,15)(H,17,18). The van der Waals surface area contributed by atoms with Crippen molar-refractivity contribution in [3.63, 3.8) is 0 Å². The fourth-order valence-electron chi connectivity index (χ4n) is 1.63. The van der Waals surface area contributed by atoms with E-state index in [0.29, 0.717) is 12.4 Å². The topological polar surface area (TPSA) is 82.5 Å². The summed E-state index contributed by atoms with van der Waals surface area (Å²) in [5.41, 5.74) is 0.0667. The van der Waals surface area contributed by atoms with Gasteiger partial charge in [0.2, 0.25) is 0 Å². The predicted octanol–water partition coefficient (Wildman–Crippen LogP) is 1.99. The lowest BCUT2D eigenvalue weighted by Crippen LogP contribution is -2.24. The second-order valence-electron chi connectivity index (χ2n) is 5.06. The average Bonchev–Trinajstić information content (AvgIpc) is 2.34. The van der Waals surface area contributed by atoms with E-state index in [2.05, 4.69) is 24.1 Å². The number of aliphatic hydroxyl groups excluding tert-OH is 1. The van der Waals surface area contributed by atoms with Crippen molar-refractivity contribution in [2.75, 3.05) is 18.5 Å². The normalized spacial score (nSPS) is 11.3.